The van der Waals surface area contributed by atoms with Gasteiger partial charge in [0.15, 0.2) is 0 Å². The molecule has 0 bridgehead atoms. The largest absolute Gasteiger partial charge is 0.494 e. The van der Waals surface area contributed by atoms with Gasteiger partial charge in [0.2, 0.25) is 11.8 Å². The maximum Gasteiger partial charge on any atom is 0.295 e. The van der Waals surface area contributed by atoms with Crippen molar-refractivity contribution in [1.82, 2.24) is 4.57 Å². The first-order valence-corrected chi connectivity index (χ1v) is 7.07. The predicted molar refractivity (Wildman–Crippen MR) is 86.5 cm³/mol. The summed E-state index contributed by atoms with van der Waals surface area (Å²) in [5.41, 5.74) is 0.555. The van der Waals surface area contributed by atoms with Crippen molar-refractivity contribution in [1.29, 1.82) is 0 Å². The Morgan fingerprint density at radius 3 is 2.12 bits per heavy atom. The molecule has 1 heterocycles. The van der Waals surface area contributed by atoms with Crippen LogP contribution < -0.4 is 0 Å². The molecular formula is C17H13N3O4. The fraction of sp³-hybridized carbons (Fsp3) is 0.0588. The van der Waals surface area contributed by atoms with Crippen LogP contribution in [0.3, 0.4) is 0 Å². The molecule has 0 unspecified atom stereocenters. The highest BCUT2D eigenvalue weighted by molar-refractivity contribution is 5.97. The number of hydrogen-bond donors (Lipinski definition) is 2. The van der Waals surface area contributed by atoms with E-state index in [9.17, 15) is 19.8 Å². The summed E-state index contributed by atoms with van der Waals surface area (Å²) in [7, 11) is 0. The standard InChI is InChI=1S/C17H13N3O4/c1-10(21)18-19-15(22)11-5-4-6-12(9-11)20-16(23)13-7-2-3-8-14(13)17(20)24/h2-9,23-24H,1H3. The summed E-state index contributed by atoms with van der Waals surface area (Å²) in [5, 5.41) is 28.2. The van der Waals surface area contributed by atoms with Crippen LogP contribution in [0.25, 0.3) is 16.5 Å². The molecule has 120 valence electrons. The summed E-state index contributed by atoms with van der Waals surface area (Å²) in [6, 6.07) is 13.0. The van der Waals surface area contributed by atoms with Crippen LogP contribution in [0.15, 0.2) is 58.8 Å². The molecule has 0 fully saturated rings. The van der Waals surface area contributed by atoms with Crippen LogP contribution in [0.4, 0.5) is 0 Å². The Hall–Kier alpha value is -3.48. The van der Waals surface area contributed by atoms with Crippen molar-refractivity contribution in [3.63, 3.8) is 0 Å². The van der Waals surface area contributed by atoms with Gasteiger partial charge in [-0.2, -0.15) is 0 Å². The molecule has 0 aliphatic heterocycles. The van der Waals surface area contributed by atoms with Gasteiger partial charge in [-0.25, -0.2) is 0 Å². The molecule has 0 atom stereocenters. The molecule has 0 radical (unpaired) electrons. The number of hydrogen-bond acceptors (Lipinski definition) is 4. The first-order chi connectivity index (χ1) is 11.5. The molecule has 1 aromatic heterocycles. The van der Waals surface area contributed by atoms with E-state index >= 15 is 0 Å². The topological polar surface area (TPSA) is 104 Å². The average molecular weight is 323 g/mol. The first-order valence-electron chi connectivity index (χ1n) is 7.07. The number of carbonyl (C=O) groups is 2. The molecular weight excluding hydrogens is 310 g/mol. The van der Waals surface area contributed by atoms with Crippen LogP contribution in [-0.2, 0) is 4.79 Å². The average Bonchev–Trinajstić information content (AvgIpc) is 2.84. The monoisotopic (exact) mass is 323 g/mol. The lowest BCUT2D eigenvalue weighted by Gasteiger charge is -2.07. The quantitative estimate of drug-likeness (QED) is 0.707. The second-order valence-electron chi connectivity index (χ2n) is 5.10. The van der Waals surface area contributed by atoms with Gasteiger partial charge in [0.05, 0.1) is 5.69 Å². The third-order valence-electron chi connectivity index (χ3n) is 3.47. The van der Waals surface area contributed by atoms with E-state index in [4.69, 9.17) is 0 Å². The molecule has 0 spiro atoms. The molecule has 0 saturated carbocycles. The van der Waals surface area contributed by atoms with E-state index in [0.717, 1.165) is 0 Å². The van der Waals surface area contributed by atoms with Crippen LogP contribution in [0.5, 0.6) is 11.8 Å². The van der Waals surface area contributed by atoms with Gasteiger partial charge in [-0.3, -0.25) is 14.2 Å². The number of azo groups is 1. The number of carbonyl (C=O) groups excluding carboxylic acids is 2. The van der Waals surface area contributed by atoms with Gasteiger partial charge >= 0.3 is 0 Å². The van der Waals surface area contributed by atoms with Gasteiger partial charge in [0.25, 0.3) is 11.8 Å². The van der Waals surface area contributed by atoms with E-state index in [1.165, 1.54) is 23.6 Å². The lowest BCUT2D eigenvalue weighted by molar-refractivity contribution is -0.116. The Balaban J connectivity index is 2.10. The van der Waals surface area contributed by atoms with Gasteiger partial charge in [-0.15, -0.1) is 10.2 Å². The number of benzene rings is 2. The van der Waals surface area contributed by atoms with E-state index in [2.05, 4.69) is 10.2 Å². The molecule has 0 aliphatic rings. The summed E-state index contributed by atoms with van der Waals surface area (Å²) in [6.07, 6.45) is 0. The molecule has 7 heteroatoms. The fourth-order valence-corrected chi connectivity index (χ4v) is 2.41. The van der Waals surface area contributed by atoms with Gasteiger partial charge in [0, 0.05) is 23.3 Å². The Morgan fingerprint density at radius 2 is 1.54 bits per heavy atom. The van der Waals surface area contributed by atoms with Crippen LogP contribution in [0.2, 0.25) is 0 Å². The Kier molecular flexibility index (Phi) is 3.83. The second-order valence-corrected chi connectivity index (χ2v) is 5.10. The first kappa shape index (κ1) is 15.4. The normalized spacial score (nSPS) is 11.2. The highest BCUT2D eigenvalue weighted by atomic mass is 16.3. The molecule has 2 N–H and O–H groups in total. The van der Waals surface area contributed by atoms with Crippen molar-refractivity contribution in [2.45, 2.75) is 6.92 Å². The minimum Gasteiger partial charge on any atom is -0.494 e. The summed E-state index contributed by atoms with van der Waals surface area (Å²) >= 11 is 0. The summed E-state index contributed by atoms with van der Waals surface area (Å²) < 4.78 is 1.23. The third-order valence-corrected chi connectivity index (χ3v) is 3.47. The number of aromatic nitrogens is 1. The van der Waals surface area contributed by atoms with Crippen LogP contribution in [0.1, 0.15) is 17.3 Å². The predicted octanol–water partition coefficient (Wildman–Crippen LogP) is 3.18. The van der Waals surface area contributed by atoms with E-state index in [0.29, 0.717) is 16.5 Å². The third kappa shape index (κ3) is 2.63. The highest BCUT2D eigenvalue weighted by Crippen LogP contribution is 2.38. The summed E-state index contributed by atoms with van der Waals surface area (Å²) in [5.74, 6) is -1.55. The van der Waals surface area contributed by atoms with Crippen molar-refractivity contribution in [3.05, 3.63) is 54.1 Å². The van der Waals surface area contributed by atoms with Gasteiger partial charge in [0.1, 0.15) is 0 Å². The number of aromatic hydroxyl groups is 2. The van der Waals surface area contributed by atoms with Crippen LogP contribution in [-0.4, -0.2) is 26.6 Å². The molecule has 0 aliphatic carbocycles. The molecule has 24 heavy (non-hydrogen) atoms. The van der Waals surface area contributed by atoms with Crippen molar-refractivity contribution in [3.8, 4) is 17.4 Å². The summed E-state index contributed by atoms with van der Waals surface area (Å²) in [4.78, 5) is 22.7. The van der Waals surface area contributed by atoms with Crippen molar-refractivity contribution in [2.75, 3.05) is 0 Å². The molecule has 2 amide bonds. The fourth-order valence-electron chi connectivity index (χ4n) is 2.41. The van der Waals surface area contributed by atoms with Crippen LogP contribution >= 0.6 is 0 Å². The number of fused-ring (bicyclic) bond motifs is 1. The Labute approximate surface area is 136 Å². The van der Waals surface area contributed by atoms with Gasteiger partial charge < -0.3 is 10.2 Å². The van der Waals surface area contributed by atoms with Gasteiger partial charge in [-0.05, 0) is 30.3 Å². The zero-order valence-electron chi connectivity index (χ0n) is 12.7. The van der Waals surface area contributed by atoms with Crippen LogP contribution in [0, 0.1) is 0 Å². The lowest BCUT2D eigenvalue weighted by atomic mass is 10.2. The van der Waals surface area contributed by atoms with Gasteiger partial charge in [-0.1, -0.05) is 18.2 Å². The zero-order valence-corrected chi connectivity index (χ0v) is 12.7. The lowest BCUT2D eigenvalue weighted by Crippen LogP contribution is -1.99. The Morgan fingerprint density at radius 1 is 0.917 bits per heavy atom. The van der Waals surface area contributed by atoms with E-state index < -0.39 is 11.8 Å². The Bertz CT molecular complexity index is 950. The minimum absolute atomic E-state index is 0.141. The second kappa shape index (κ2) is 5.96. The molecule has 2 aromatic carbocycles. The number of nitrogens with zero attached hydrogens (tertiary/aromatic N) is 3. The van der Waals surface area contributed by atoms with Crippen molar-refractivity contribution < 1.29 is 19.8 Å². The molecule has 0 saturated heterocycles. The maximum atomic E-state index is 11.9. The summed E-state index contributed by atoms with van der Waals surface area (Å²) in [6.45, 7) is 1.19. The highest BCUT2D eigenvalue weighted by Gasteiger charge is 2.17. The van der Waals surface area contributed by atoms with E-state index in [-0.39, 0.29) is 17.3 Å². The van der Waals surface area contributed by atoms with Crippen molar-refractivity contribution in [2.24, 2.45) is 10.2 Å². The maximum absolute atomic E-state index is 11.9. The molecule has 3 aromatic rings. The van der Waals surface area contributed by atoms with E-state index in [1.54, 1.807) is 36.4 Å². The smallest absolute Gasteiger partial charge is 0.295 e. The van der Waals surface area contributed by atoms with E-state index in [1.807, 2.05) is 0 Å². The van der Waals surface area contributed by atoms with Crippen molar-refractivity contribution >= 4 is 22.6 Å². The SMILES string of the molecule is CC(=O)N=NC(=O)c1cccc(-n2c(O)c3ccccc3c2O)c1. The minimum atomic E-state index is -0.692. The number of amides is 2. The molecule has 3 rings (SSSR count). The number of rotatable bonds is 2. The zero-order chi connectivity index (χ0) is 17.3. The molecule has 7 nitrogen and oxygen atoms in total.